The van der Waals surface area contributed by atoms with Crippen LogP contribution in [-0.4, -0.2) is 25.8 Å². The van der Waals surface area contributed by atoms with Crippen LogP contribution >= 0.6 is 0 Å². The van der Waals surface area contributed by atoms with Gasteiger partial charge in [-0.2, -0.15) is 8.78 Å². The van der Waals surface area contributed by atoms with Crippen molar-refractivity contribution < 1.29 is 22.3 Å². The predicted octanol–water partition coefficient (Wildman–Crippen LogP) is 3.39. The average Bonchev–Trinajstić information content (AvgIpc) is 2.55. The summed E-state index contributed by atoms with van der Waals surface area (Å²) in [5.41, 5.74) is -0.299. The fourth-order valence-corrected chi connectivity index (χ4v) is 3.25. The molecule has 1 unspecified atom stereocenters. The van der Waals surface area contributed by atoms with E-state index in [-0.39, 0.29) is 18.7 Å². The lowest BCUT2D eigenvalue weighted by Gasteiger charge is -2.24. The first-order chi connectivity index (χ1) is 11.2. The van der Waals surface area contributed by atoms with Crippen LogP contribution in [0.25, 0.3) is 0 Å². The number of sulfone groups is 1. The van der Waals surface area contributed by atoms with E-state index >= 15 is 0 Å². The molecule has 0 aliphatic heterocycles. The minimum absolute atomic E-state index is 0.0988. The molecule has 2 aromatic rings. The summed E-state index contributed by atoms with van der Waals surface area (Å²) in [6.45, 7) is 1.86. The maximum atomic E-state index is 12.8. The molecule has 0 spiro atoms. The molecule has 0 fully saturated rings. The number of para-hydroxylation sites is 1. The lowest BCUT2D eigenvalue weighted by molar-refractivity contribution is 0.0515. The van der Waals surface area contributed by atoms with Crippen LogP contribution in [0.4, 0.5) is 14.5 Å². The summed E-state index contributed by atoms with van der Waals surface area (Å²) in [4.78, 5) is -0.445. The van der Waals surface area contributed by atoms with E-state index in [2.05, 4.69) is 5.32 Å². The SMILES string of the molecule is CC(O)(CCNc1ccccc1S(=O)(=O)C(F)F)c1ccccc1. The smallest absolute Gasteiger partial charge is 0.341 e. The second-order valence-corrected chi connectivity index (χ2v) is 7.50. The van der Waals surface area contributed by atoms with Crippen LogP contribution in [0.5, 0.6) is 0 Å². The van der Waals surface area contributed by atoms with Gasteiger partial charge in [0, 0.05) is 6.54 Å². The highest BCUT2D eigenvalue weighted by atomic mass is 32.2. The molecule has 130 valence electrons. The highest BCUT2D eigenvalue weighted by Crippen LogP contribution is 2.28. The van der Waals surface area contributed by atoms with Crippen molar-refractivity contribution in [3.63, 3.8) is 0 Å². The van der Waals surface area contributed by atoms with Gasteiger partial charge in [-0.1, -0.05) is 42.5 Å². The lowest BCUT2D eigenvalue weighted by Crippen LogP contribution is -2.25. The van der Waals surface area contributed by atoms with Crippen LogP contribution in [0.1, 0.15) is 18.9 Å². The molecule has 0 saturated heterocycles. The molecule has 0 heterocycles. The fraction of sp³-hybridized carbons (Fsp3) is 0.294. The Hall–Kier alpha value is -1.99. The minimum Gasteiger partial charge on any atom is -0.385 e. The first-order valence-corrected chi connectivity index (χ1v) is 8.92. The average molecular weight is 355 g/mol. The molecule has 0 aromatic heterocycles. The molecule has 1 atom stereocenters. The minimum atomic E-state index is -4.68. The molecule has 4 nitrogen and oxygen atoms in total. The van der Waals surface area contributed by atoms with Crippen LogP contribution in [0.3, 0.4) is 0 Å². The second-order valence-electron chi connectivity index (χ2n) is 5.62. The van der Waals surface area contributed by atoms with E-state index in [4.69, 9.17) is 0 Å². The van der Waals surface area contributed by atoms with Gasteiger partial charge in [0.1, 0.15) is 0 Å². The van der Waals surface area contributed by atoms with E-state index < -0.39 is 26.1 Å². The number of aliphatic hydroxyl groups is 1. The molecule has 2 N–H and O–H groups in total. The monoisotopic (exact) mass is 355 g/mol. The van der Waals surface area contributed by atoms with Gasteiger partial charge < -0.3 is 10.4 Å². The van der Waals surface area contributed by atoms with E-state index in [0.29, 0.717) is 0 Å². The molecule has 0 aliphatic carbocycles. The Kier molecular flexibility index (Phi) is 5.56. The highest BCUT2D eigenvalue weighted by molar-refractivity contribution is 7.91. The normalized spacial score (nSPS) is 14.4. The summed E-state index contributed by atoms with van der Waals surface area (Å²) in [6.07, 6.45) is 0.278. The zero-order valence-corrected chi connectivity index (χ0v) is 13.9. The van der Waals surface area contributed by atoms with Crippen LogP contribution in [0.2, 0.25) is 0 Å². The van der Waals surface area contributed by atoms with Crippen LogP contribution in [0, 0.1) is 0 Å². The summed E-state index contributed by atoms with van der Waals surface area (Å²) in [6, 6.07) is 14.5. The van der Waals surface area contributed by atoms with Gasteiger partial charge in [-0.05, 0) is 31.0 Å². The van der Waals surface area contributed by atoms with E-state index in [1.807, 2.05) is 18.2 Å². The summed E-state index contributed by atoms with van der Waals surface area (Å²) >= 11 is 0. The molecule has 0 radical (unpaired) electrons. The molecule has 2 rings (SSSR count). The number of rotatable bonds is 7. The van der Waals surface area contributed by atoms with E-state index in [1.165, 1.54) is 12.1 Å². The molecule has 0 amide bonds. The van der Waals surface area contributed by atoms with Gasteiger partial charge in [0.15, 0.2) is 0 Å². The molecule has 24 heavy (non-hydrogen) atoms. The number of alkyl halides is 2. The third-order valence-electron chi connectivity index (χ3n) is 3.75. The summed E-state index contributed by atoms with van der Waals surface area (Å²) < 4.78 is 48.9. The van der Waals surface area contributed by atoms with Crippen molar-refractivity contribution in [2.75, 3.05) is 11.9 Å². The van der Waals surface area contributed by atoms with E-state index in [1.54, 1.807) is 25.1 Å². The topological polar surface area (TPSA) is 66.4 Å². The van der Waals surface area contributed by atoms with Crippen molar-refractivity contribution in [3.8, 4) is 0 Å². The number of halogens is 2. The molecular formula is C17H19F2NO3S. The Morgan fingerprint density at radius 1 is 1.08 bits per heavy atom. The number of anilines is 1. The number of benzene rings is 2. The molecule has 0 bridgehead atoms. The van der Waals surface area contributed by atoms with E-state index in [9.17, 15) is 22.3 Å². The standard InChI is InChI=1S/C17H19F2NO3S/c1-17(21,13-7-3-2-4-8-13)11-12-20-14-9-5-6-10-15(14)24(22,23)16(18)19/h2-10,16,20-21H,11-12H2,1H3. The third-order valence-corrected chi connectivity index (χ3v) is 5.19. The van der Waals surface area contributed by atoms with Crippen molar-refractivity contribution >= 4 is 15.5 Å². The first kappa shape index (κ1) is 18.4. The van der Waals surface area contributed by atoms with Gasteiger partial charge >= 0.3 is 5.76 Å². The zero-order valence-electron chi connectivity index (χ0n) is 13.1. The van der Waals surface area contributed by atoms with Crippen molar-refractivity contribution in [3.05, 3.63) is 60.2 Å². The van der Waals surface area contributed by atoms with Crippen molar-refractivity contribution in [1.82, 2.24) is 0 Å². The molecule has 2 aromatic carbocycles. The number of nitrogens with one attached hydrogen (secondary N) is 1. The first-order valence-electron chi connectivity index (χ1n) is 7.38. The van der Waals surface area contributed by atoms with Crippen LogP contribution < -0.4 is 5.32 Å². The third kappa shape index (κ3) is 4.10. The zero-order chi connectivity index (χ0) is 17.8. The van der Waals surface area contributed by atoms with Crippen molar-refractivity contribution in [2.24, 2.45) is 0 Å². The molecule has 7 heteroatoms. The van der Waals surface area contributed by atoms with Gasteiger partial charge in [0.2, 0.25) is 9.84 Å². The maximum absolute atomic E-state index is 12.8. The Labute approximate surface area is 140 Å². The fourth-order valence-electron chi connectivity index (χ4n) is 2.34. The quantitative estimate of drug-likeness (QED) is 0.799. The Morgan fingerprint density at radius 3 is 2.29 bits per heavy atom. The van der Waals surface area contributed by atoms with Crippen LogP contribution in [-0.2, 0) is 15.4 Å². The molecule has 0 saturated carbocycles. The summed E-state index contributed by atoms with van der Waals surface area (Å²) in [7, 11) is -4.68. The molecular weight excluding hydrogens is 336 g/mol. The molecule has 0 aliphatic rings. The van der Waals surface area contributed by atoms with Crippen LogP contribution in [0.15, 0.2) is 59.5 Å². The predicted molar refractivity (Wildman–Crippen MR) is 88.8 cm³/mol. The lowest BCUT2D eigenvalue weighted by atomic mass is 9.92. The van der Waals surface area contributed by atoms with Gasteiger partial charge in [-0.15, -0.1) is 0 Å². The van der Waals surface area contributed by atoms with Gasteiger partial charge in [0.25, 0.3) is 0 Å². The Morgan fingerprint density at radius 2 is 1.67 bits per heavy atom. The van der Waals surface area contributed by atoms with Gasteiger partial charge in [-0.25, -0.2) is 8.42 Å². The Balaban J connectivity index is 2.11. The van der Waals surface area contributed by atoms with Gasteiger partial charge in [0.05, 0.1) is 16.2 Å². The van der Waals surface area contributed by atoms with Gasteiger partial charge in [-0.3, -0.25) is 0 Å². The highest BCUT2D eigenvalue weighted by Gasteiger charge is 2.29. The summed E-state index contributed by atoms with van der Waals surface area (Å²) in [5.74, 6) is -3.48. The second kappa shape index (κ2) is 7.27. The van der Waals surface area contributed by atoms with E-state index in [0.717, 1.165) is 11.6 Å². The van der Waals surface area contributed by atoms with Crippen molar-refractivity contribution in [2.45, 2.75) is 29.6 Å². The number of hydrogen-bond acceptors (Lipinski definition) is 4. The van der Waals surface area contributed by atoms with Crippen molar-refractivity contribution in [1.29, 1.82) is 0 Å². The Bertz CT molecular complexity index is 777. The number of hydrogen-bond donors (Lipinski definition) is 2. The largest absolute Gasteiger partial charge is 0.385 e. The maximum Gasteiger partial charge on any atom is 0.341 e. The summed E-state index contributed by atoms with van der Waals surface area (Å²) in [5, 5.41) is 13.3.